The van der Waals surface area contributed by atoms with Gasteiger partial charge in [0.05, 0.1) is 31.3 Å². The molecule has 8 rings (SSSR count). The second-order valence-corrected chi connectivity index (χ2v) is 16.7. The van der Waals surface area contributed by atoms with Gasteiger partial charge in [-0.3, -0.25) is 4.79 Å². The predicted octanol–water partition coefficient (Wildman–Crippen LogP) is 6.51. The van der Waals surface area contributed by atoms with Crippen LogP contribution in [0.1, 0.15) is 90.7 Å². The quantitative estimate of drug-likeness (QED) is 0.269. The molecule has 2 heterocycles. The first-order chi connectivity index (χ1) is 20.9. The maximum absolute atomic E-state index is 13.2. The Morgan fingerprint density at radius 3 is 2.57 bits per heavy atom. The van der Waals surface area contributed by atoms with Crippen LogP contribution in [0.25, 0.3) is 0 Å². The number of hydrogen-bond donors (Lipinski definition) is 3. The fourth-order valence-corrected chi connectivity index (χ4v) is 13.0. The molecule has 6 heteroatoms. The molecule has 2 aliphatic heterocycles. The second-order valence-electron chi connectivity index (χ2n) is 16.7. The van der Waals surface area contributed by atoms with Crippen LogP contribution in [-0.2, 0) is 14.3 Å². The molecule has 1 aromatic carbocycles. The average Bonchev–Trinajstić information content (AvgIpc) is 3.40. The third-order valence-electron chi connectivity index (χ3n) is 15.2. The molecule has 6 nitrogen and oxygen atoms in total. The largest absolute Gasteiger partial charge is 0.508 e. The topological polar surface area (TPSA) is 96.2 Å². The van der Waals surface area contributed by atoms with Gasteiger partial charge < -0.3 is 24.8 Å². The number of benzene rings is 1. The van der Waals surface area contributed by atoms with Gasteiger partial charge in [0.15, 0.2) is 0 Å². The van der Waals surface area contributed by atoms with Gasteiger partial charge >= 0.3 is 5.97 Å². The molecule has 1 aromatic rings. The summed E-state index contributed by atoms with van der Waals surface area (Å²) >= 11 is 0. The van der Waals surface area contributed by atoms with Gasteiger partial charge in [0, 0.05) is 11.8 Å². The van der Waals surface area contributed by atoms with Crippen LogP contribution < -0.4 is 0 Å². The zero-order valence-corrected chi connectivity index (χ0v) is 26.8. The summed E-state index contributed by atoms with van der Waals surface area (Å²) in [6.45, 7) is 9.95. The van der Waals surface area contributed by atoms with E-state index < -0.39 is 0 Å². The molecular weight excluding hydrogens is 552 g/mol. The number of allylic oxidation sites excluding steroid dienone is 2. The van der Waals surface area contributed by atoms with E-state index in [4.69, 9.17) is 9.47 Å². The number of aliphatic hydroxyl groups excluding tert-OH is 2. The number of aromatic hydroxyl groups is 1. The lowest BCUT2D eigenvalue weighted by Crippen LogP contribution is -2.66. The first-order valence-electron chi connectivity index (χ1n) is 17.2. The van der Waals surface area contributed by atoms with Crippen molar-refractivity contribution >= 4 is 5.97 Å². The van der Waals surface area contributed by atoms with E-state index in [0.29, 0.717) is 30.8 Å². The molecule has 0 aromatic heterocycles. The van der Waals surface area contributed by atoms with Crippen molar-refractivity contribution in [3.05, 3.63) is 53.6 Å². The zero-order valence-electron chi connectivity index (χ0n) is 26.8. The van der Waals surface area contributed by atoms with Crippen LogP contribution >= 0.6 is 0 Å². The first-order valence-corrected chi connectivity index (χ1v) is 17.2. The number of fused-ring (bicyclic) bond motifs is 5. The number of aliphatic hydroxyl groups is 2. The third kappa shape index (κ3) is 3.57. The number of esters is 1. The number of cyclic esters (lactones) is 1. The molecule has 238 valence electrons. The minimum atomic E-state index is -0.389. The summed E-state index contributed by atoms with van der Waals surface area (Å²) in [5.74, 6) is 1.56. The number of carbonyl (C=O) groups is 1. The van der Waals surface area contributed by atoms with Gasteiger partial charge in [-0.05, 0) is 127 Å². The van der Waals surface area contributed by atoms with E-state index in [-0.39, 0.29) is 75.5 Å². The fraction of sp³-hybridized carbons (Fsp3) is 0.711. The summed E-state index contributed by atoms with van der Waals surface area (Å²) < 4.78 is 12.5. The van der Waals surface area contributed by atoms with Crippen molar-refractivity contribution in [2.24, 2.45) is 56.7 Å². The number of hydrogen-bond acceptors (Lipinski definition) is 6. The van der Waals surface area contributed by atoms with E-state index in [9.17, 15) is 20.1 Å². The molecule has 3 N–H and O–H groups in total. The molecule has 0 radical (unpaired) electrons. The van der Waals surface area contributed by atoms with Crippen LogP contribution in [0, 0.1) is 56.7 Å². The van der Waals surface area contributed by atoms with Gasteiger partial charge in [0.2, 0.25) is 0 Å². The number of phenolic OH excluding ortho intramolecular Hbond substituents is 1. The molecule has 13 atom stereocenters. The Bertz CT molecular complexity index is 1420. The van der Waals surface area contributed by atoms with E-state index in [1.165, 1.54) is 6.42 Å². The van der Waals surface area contributed by atoms with E-state index in [1.54, 1.807) is 12.1 Å². The van der Waals surface area contributed by atoms with Crippen LogP contribution in [0.3, 0.4) is 0 Å². The van der Waals surface area contributed by atoms with E-state index in [2.05, 4.69) is 32.9 Å². The van der Waals surface area contributed by atoms with E-state index in [0.717, 1.165) is 49.7 Å². The average molecular weight is 603 g/mol. The summed E-state index contributed by atoms with van der Waals surface area (Å²) in [5, 5.41) is 31.6. The summed E-state index contributed by atoms with van der Waals surface area (Å²) in [6, 6.07) is 7.50. The van der Waals surface area contributed by atoms with Gasteiger partial charge in [-0.2, -0.15) is 0 Å². The standard InChI is InChI=1S/C38H50O6/c1-22(19-39)15-26-17-27(33(42)44-26)28-10-14-38-20-37(28,38)13-11-30-34(2)12-9-24-16-29(23-5-7-25(40)8-6-23)43-21-35(24,3)31(34)18-32(41)36(30,38)4/h5-8,11,13,15,24,26-32,39-41H,9-10,12,14,16-21H2,1-4H3/b22-15+/t24?,26-,27-,28-,29-,30+,31+,32+,34+,35?,36-,37+,38+/m0/s1. The van der Waals surface area contributed by atoms with Crippen LogP contribution in [0.15, 0.2) is 48.1 Å². The Balaban J connectivity index is 1.08. The smallest absolute Gasteiger partial charge is 0.309 e. The highest BCUT2D eigenvalue weighted by atomic mass is 16.5. The number of carbonyl (C=O) groups excluding carboxylic acids is 1. The normalized spacial score (nSPS) is 52.3. The summed E-state index contributed by atoms with van der Waals surface area (Å²) in [7, 11) is 0. The Morgan fingerprint density at radius 2 is 1.82 bits per heavy atom. The van der Waals surface area contributed by atoms with Crippen molar-refractivity contribution in [2.75, 3.05) is 13.2 Å². The zero-order chi connectivity index (χ0) is 30.9. The Morgan fingerprint density at radius 1 is 1.05 bits per heavy atom. The second kappa shape index (κ2) is 9.45. The maximum Gasteiger partial charge on any atom is 0.309 e. The van der Waals surface area contributed by atoms with Crippen molar-refractivity contribution < 1.29 is 29.6 Å². The lowest BCUT2D eigenvalue weighted by molar-refractivity contribution is -0.242. The lowest BCUT2D eigenvalue weighted by Gasteiger charge is -2.69. The summed E-state index contributed by atoms with van der Waals surface area (Å²) in [5.41, 5.74) is 1.87. The van der Waals surface area contributed by atoms with E-state index in [1.807, 2.05) is 25.1 Å². The van der Waals surface area contributed by atoms with Crippen molar-refractivity contribution in [1.29, 1.82) is 0 Å². The van der Waals surface area contributed by atoms with Crippen LogP contribution in [0.5, 0.6) is 5.75 Å². The molecular formula is C38H50O6. The molecule has 0 bridgehead atoms. The molecule has 2 unspecified atom stereocenters. The van der Waals surface area contributed by atoms with Crippen LogP contribution in [-0.4, -0.2) is 46.7 Å². The Kier molecular flexibility index (Phi) is 6.29. The minimum Gasteiger partial charge on any atom is -0.508 e. The van der Waals surface area contributed by atoms with Crippen molar-refractivity contribution in [2.45, 2.75) is 97.4 Å². The first kappa shape index (κ1) is 29.3. The van der Waals surface area contributed by atoms with Gasteiger partial charge in [-0.25, -0.2) is 0 Å². The highest BCUT2D eigenvalue weighted by Gasteiger charge is 2.85. The molecule has 5 aliphatic carbocycles. The number of ether oxygens (including phenoxy) is 2. The highest BCUT2D eigenvalue weighted by molar-refractivity contribution is 5.76. The lowest BCUT2D eigenvalue weighted by atomic mass is 9.37. The van der Waals surface area contributed by atoms with Gasteiger partial charge in [-0.1, -0.05) is 45.1 Å². The Labute approximate surface area is 261 Å². The third-order valence-corrected chi connectivity index (χ3v) is 15.2. The SMILES string of the molecule is C/C(=C\[C@H]1C[C@@H]([C@@H]2CC[C@]34C[C@]23C=C[C@@H]2[C@@]3(C)CCC5C[C@@H](c6ccc(O)cc6)OCC5(C)[C@@H]3C[C@@H](O)[C@]24C)C(=O)O1)CO. The van der Waals surface area contributed by atoms with E-state index >= 15 is 0 Å². The number of rotatable bonds is 4. The molecule has 7 aliphatic rings. The summed E-state index contributed by atoms with van der Waals surface area (Å²) in [6.07, 6.45) is 14.4. The molecule has 2 saturated heterocycles. The minimum absolute atomic E-state index is 0.00731. The monoisotopic (exact) mass is 602 g/mol. The van der Waals surface area contributed by atoms with Gasteiger partial charge in [0.1, 0.15) is 11.9 Å². The van der Waals surface area contributed by atoms with Crippen LogP contribution in [0.4, 0.5) is 0 Å². The summed E-state index contributed by atoms with van der Waals surface area (Å²) in [4.78, 5) is 13.2. The molecule has 0 amide bonds. The Hall–Kier alpha value is -2.15. The van der Waals surface area contributed by atoms with Gasteiger partial charge in [0.25, 0.3) is 0 Å². The van der Waals surface area contributed by atoms with Crippen molar-refractivity contribution in [3.63, 3.8) is 0 Å². The predicted molar refractivity (Wildman–Crippen MR) is 166 cm³/mol. The maximum atomic E-state index is 13.2. The van der Waals surface area contributed by atoms with Gasteiger partial charge in [-0.15, -0.1) is 0 Å². The molecule has 44 heavy (non-hydrogen) atoms. The molecule has 4 saturated carbocycles. The van der Waals surface area contributed by atoms with Crippen molar-refractivity contribution in [1.82, 2.24) is 0 Å². The molecule has 6 fully saturated rings. The fourth-order valence-electron chi connectivity index (χ4n) is 13.0. The number of phenols is 1. The van der Waals surface area contributed by atoms with Crippen LogP contribution in [0.2, 0.25) is 0 Å². The van der Waals surface area contributed by atoms with Crippen molar-refractivity contribution in [3.8, 4) is 5.75 Å². The highest BCUT2D eigenvalue weighted by Crippen LogP contribution is 2.89. The molecule has 0 spiro atoms.